The zero-order valence-corrected chi connectivity index (χ0v) is 16.5. The lowest BCUT2D eigenvalue weighted by molar-refractivity contribution is 0.0429. The molecule has 1 aromatic rings. The Labute approximate surface area is 154 Å². The van der Waals surface area contributed by atoms with Gasteiger partial charge in [-0.3, -0.25) is 0 Å². The fraction of sp³-hybridized carbons (Fsp3) is 0.556. The fourth-order valence-corrected chi connectivity index (χ4v) is 1.72. The number of nitrogens with zero attached hydrogens (tertiary/aromatic N) is 3. The van der Waals surface area contributed by atoms with Crippen LogP contribution in [-0.4, -0.2) is 40.0 Å². The van der Waals surface area contributed by atoms with Crippen molar-refractivity contribution in [3.05, 3.63) is 24.7 Å². The SMILES string of the molecule is C=C(OCC)c1nccc(N(C(=O)OC(C)(C)C)C(=O)OC(C)(C)C)n1. The number of carbonyl (C=O) groups is 2. The Morgan fingerprint density at radius 2 is 1.58 bits per heavy atom. The van der Waals surface area contributed by atoms with Crippen molar-refractivity contribution in [1.29, 1.82) is 0 Å². The van der Waals surface area contributed by atoms with Crippen molar-refractivity contribution in [3.63, 3.8) is 0 Å². The molecule has 0 saturated heterocycles. The maximum absolute atomic E-state index is 12.6. The summed E-state index contributed by atoms with van der Waals surface area (Å²) in [7, 11) is 0. The molecule has 0 N–H and O–H groups in total. The highest BCUT2D eigenvalue weighted by Crippen LogP contribution is 2.21. The average molecular weight is 365 g/mol. The Morgan fingerprint density at radius 3 is 2.00 bits per heavy atom. The molecule has 8 nitrogen and oxygen atoms in total. The van der Waals surface area contributed by atoms with Crippen LogP contribution in [0.2, 0.25) is 0 Å². The molecule has 26 heavy (non-hydrogen) atoms. The van der Waals surface area contributed by atoms with E-state index in [-0.39, 0.29) is 17.4 Å². The minimum absolute atomic E-state index is 0.000599. The van der Waals surface area contributed by atoms with Crippen LogP contribution in [0.5, 0.6) is 0 Å². The van der Waals surface area contributed by atoms with Crippen molar-refractivity contribution in [3.8, 4) is 0 Å². The van der Waals surface area contributed by atoms with E-state index in [2.05, 4.69) is 16.5 Å². The third-order valence-electron chi connectivity index (χ3n) is 2.59. The van der Waals surface area contributed by atoms with Crippen molar-refractivity contribution in [2.24, 2.45) is 0 Å². The summed E-state index contributed by atoms with van der Waals surface area (Å²) in [5.41, 5.74) is -1.61. The van der Waals surface area contributed by atoms with Gasteiger partial charge < -0.3 is 14.2 Å². The van der Waals surface area contributed by atoms with E-state index in [1.165, 1.54) is 12.3 Å². The molecule has 2 amide bonds. The number of anilines is 1. The predicted molar refractivity (Wildman–Crippen MR) is 97.6 cm³/mol. The van der Waals surface area contributed by atoms with Crippen LogP contribution in [-0.2, 0) is 14.2 Å². The first-order valence-corrected chi connectivity index (χ1v) is 8.25. The van der Waals surface area contributed by atoms with E-state index in [1.54, 1.807) is 48.5 Å². The Balaban J connectivity index is 3.27. The summed E-state index contributed by atoms with van der Waals surface area (Å²) in [6.07, 6.45) is -0.416. The minimum atomic E-state index is -0.904. The Kier molecular flexibility index (Phi) is 6.72. The number of amides is 2. The second kappa shape index (κ2) is 8.16. The van der Waals surface area contributed by atoms with E-state index in [4.69, 9.17) is 14.2 Å². The standard InChI is InChI=1S/C18H27N3O5/c1-9-24-12(2)14-19-11-10-13(20-14)21(15(22)25-17(3,4)5)16(23)26-18(6,7)8/h10-11H,2,9H2,1,3-8H3. The minimum Gasteiger partial charge on any atom is -0.491 e. The maximum Gasteiger partial charge on any atom is 0.425 e. The fourth-order valence-electron chi connectivity index (χ4n) is 1.72. The largest absolute Gasteiger partial charge is 0.491 e. The van der Waals surface area contributed by atoms with Crippen LogP contribution in [0, 0.1) is 0 Å². The van der Waals surface area contributed by atoms with Gasteiger partial charge in [-0.1, -0.05) is 6.58 Å². The molecule has 1 rings (SSSR count). The van der Waals surface area contributed by atoms with Crippen LogP contribution in [0.1, 0.15) is 54.3 Å². The topological polar surface area (TPSA) is 90.8 Å². The molecule has 0 aliphatic heterocycles. The normalized spacial score (nSPS) is 11.5. The third-order valence-corrected chi connectivity index (χ3v) is 2.59. The van der Waals surface area contributed by atoms with Gasteiger partial charge in [0.05, 0.1) is 6.61 Å². The second-order valence-electron chi connectivity index (χ2n) is 7.39. The van der Waals surface area contributed by atoms with Gasteiger partial charge in [-0.2, -0.15) is 4.90 Å². The molecule has 1 heterocycles. The van der Waals surface area contributed by atoms with E-state index >= 15 is 0 Å². The van der Waals surface area contributed by atoms with Crippen molar-refractivity contribution >= 4 is 23.8 Å². The molecule has 0 radical (unpaired) electrons. The molecule has 0 fully saturated rings. The molecule has 0 bridgehead atoms. The van der Waals surface area contributed by atoms with Gasteiger partial charge in [-0.15, -0.1) is 0 Å². The molecular weight excluding hydrogens is 338 g/mol. The molecule has 144 valence electrons. The smallest absolute Gasteiger partial charge is 0.425 e. The average Bonchev–Trinajstić information content (AvgIpc) is 2.44. The summed E-state index contributed by atoms with van der Waals surface area (Å²) in [6.45, 7) is 16.1. The van der Waals surface area contributed by atoms with E-state index in [1.807, 2.05) is 0 Å². The highest BCUT2D eigenvalue weighted by atomic mass is 16.6. The number of hydrogen-bond acceptors (Lipinski definition) is 7. The first-order valence-electron chi connectivity index (χ1n) is 8.25. The van der Waals surface area contributed by atoms with Gasteiger partial charge in [-0.05, 0) is 48.5 Å². The monoisotopic (exact) mass is 365 g/mol. The highest BCUT2D eigenvalue weighted by molar-refractivity contribution is 6.08. The van der Waals surface area contributed by atoms with Crippen LogP contribution in [0.3, 0.4) is 0 Å². The molecule has 0 aliphatic rings. The molecule has 0 saturated carbocycles. The van der Waals surface area contributed by atoms with Crippen molar-refractivity contribution in [2.45, 2.75) is 59.7 Å². The van der Waals surface area contributed by atoms with Crippen molar-refractivity contribution in [1.82, 2.24) is 9.97 Å². The van der Waals surface area contributed by atoms with Crippen molar-refractivity contribution in [2.75, 3.05) is 11.5 Å². The van der Waals surface area contributed by atoms with Crippen LogP contribution in [0.25, 0.3) is 5.76 Å². The second-order valence-corrected chi connectivity index (χ2v) is 7.39. The number of imide groups is 1. The highest BCUT2D eigenvalue weighted by Gasteiger charge is 2.33. The summed E-state index contributed by atoms with van der Waals surface area (Å²) in [5, 5.41) is 0. The van der Waals surface area contributed by atoms with Gasteiger partial charge >= 0.3 is 12.2 Å². The Hall–Kier alpha value is -2.64. The number of aromatic nitrogens is 2. The van der Waals surface area contributed by atoms with E-state index in [9.17, 15) is 9.59 Å². The summed E-state index contributed by atoms with van der Waals surface area (Å²) in [6, 6.07) is 1.40. The zero-order valence-electron chi connectivity index (χ0n) is 16.5. The lowest BCUT2D eigenvalue weighted by Gasteiger charge is -2.28. The summed E-state index contributed by atoms with van der Waals surface area (Å²) >= 11 is 0. The van der Waals surface area contributed by atoms with E-state index in [0.29, 0.717) is 6.61 Å². The summed E-state index contributed by atoms with van der Waals surface area (Å²) < 4.78 is 15.9. The predicted octanol–water partition coefficient (Wildman–Crippen LogP) is 4.16. The zero-order chi connectivity index (χ0) is 20.1. The van der Waals surface area contributed by atoms with Crippen LogP contribution in [0.15, 0.2) is 18.8 Å². The van der Waals surface area contributed by atoms with Gasteiger partial charge in [0.1, 0.15) is 11.2 Å². The molecule has 0 atom stereocenters. The van der Waals surface area contributed by atoms with Gasteiger partial charge in [-0.25, -0.2) is 19.6 Å². The third kappa shape index (κ3) is 6.70. The molecular formula is C18H27N3O5. The van der Waals surface area contributed by atoms with Gasteiger partial charge in [0.2, 0.25) is 0 Å². The molecule has 8 heteroatoms. The lowest BCUT2D eigenvalue weighted by atomic mass is 10.2. The van der Waals surface area contributed by atoms with E-state index in [0.717, 1.165) is 4.90 Å². The summed E-state index contributed by atoms with van der Waals surface area (Å²) in [5.74, 6) is 0.378. The first kappa shape index (κ1) is 21.4. The van der Waals surface area contributed by atoms with Gasteiger partial charge in [0.15, 0.2) is 17.4 Å². The Morgan fingerprint density at radius 1 is 1.08 bits per heavy atom. The number of carbonyl (C=O) groups excluding carboxylic acids is 2. The van der Waals surface area contributed by atoms with Gasteiger partial charge in [0.25, 0.3) is 0 Å². The lowest BCUT2D eigenvalue weighted by Crippen LogP contribution is -2.44. The van der Waals surface area contributed by atoms with Crippen molar-refractivity contribution < 1.29 is 23.8 Å². The first-order chi connectivity index (χ1) is 11.8. The molecule has 0 unspecified atom stereocenters. The quantitative estimate of drug-likeness (QED) is 0.740. The molecule has 0 aromatic carbocycles. The van der Waals surface area contributed by atoms with E-state index < -0.39 is 23.4 Å². The van der Waals surface area contributed by atoms with Crippen LogP contribution < -0.4 is 4.90 Å². The maximum atomic E-state index is 12.6. The van der Waals surface area contributed by atoms with Crippen LogP contribution in [0.4, 0.5) is 15.4 Å². The number of rotatable bonds is 4. The molecule has 0 spiro atoms. The Bertz CT molecular complexity index is 646. The number of ether oxygens (including phenoxy) is 3. The van der Waals surface area contributed by atoms with Gasteiger partial charge in [0, 0.05) is 12.3 Å². The summed E-state index contributed by atoms with van der Waals surface area (Å²) in [4.78, 5) is 34.1. The molecule has 1 aromatic heterocycles. The molecule has 0 aliphatic carbocycles. The number of hydrogen-bond donors (Lipinski definition) is 0. The van der Waals surface area contributed by atoms with Crippen LogP contribution >= 0.6 is 0 Å².